The molecule has 3 aromatic rings. The summed E-state index contributed by atoms with van der Waals surface area (Å²) in [7, 11) is 0. The van der Waals surface area contributed by atoms with E-state index in [1.54, 1.807) is 49.3 Å². The summed E-state index contributed by atoms with van der Waals surface area (Å²) < 4.78 is 26.3. The van der Waals surface area contributed by atoms with E-state index in [2.05, 4.69) is 29.6 Å². The Labute approximate surface area is 191 Å². The third-order valence-electron chi connectivity index (χ3n) is 5.39. The van der Waals surface area contributed by atoms with Gasteiger partial charge in [-0.2, -0.15) is 0 Å². The molecule has 1 aromatic heterocycles. The van der Waals surface area contributed by atoms with Crippen LogP contribution in [0.5, 0.6) is 0 Å². The monoisotopic (exact) mass is 457 g/mol. The van der Waals surface area contributed by atoms with Crippen LogP contribution in [-0.4, -0.2) is 36.0 Å². The number of carbonyl (C=O) groups is 1. The van der Waals surface area contributed by atoms with Crippen LogP contribution in [0.2, 0.25) is 0 Å². The summed E-state index contributed by atoms with van der Waals surface area (Å²) in [6.07, 6.45) is -0.239. The smallest absolute Gasteiger partial charge is 0.427 e. The van der Waals surface area contributed by atoms with Crippen molar-refractivity contribution in [2.24, 2.45) is 0 Å². The predicted octanol–water partition coefficient (Wildman–Crippen LogP) is 6.28. The van der Waals surface area contributed by atoms with Crippen LogP contribution >= 0.6 is 11.3 Å². The minimum atomic E-state index is -0.723. The fraction of sp³-hybridized carbons (Fsp3) is 0.400. The number of nitrogens with zero attached hydrogens (tertiary/aromatic N) is 1. The van der Waals surface area contributed by atoms with Gasteiger partial charge in [0.05, 0.1) is 19.3 Å². The number of halogens is 1. The number of hydrogen-bond acceptors (Lipinski definition) is 6. The van der Waals surface area contributed by atoms with Gasteiger partial charge in [0, 0.05) is 17.2 Å². The standard InChI is InChI=1S/C25H28FNO4S/c1-25(2,3)30-24(28)31-27-12-10-21(18-5-7-20(26)8-6-18)22(15-27)29-16-17-4-9-23-19(14-17)11-13-32-23/h4-9,11,13-14,21-22H,10,12,15-16H2,1-3H3. The predicted molar refractivity (Wildman–Crippen MR) is 123 cm³/mol. The zero-order valence-corrected chi connectivity index (χ0v) is 19.4. The lowest BCUT2D eigenvalue weighted by atomic mass is 9.87. The molecule has 0 aliphatic carbocycles. The molecule has 0 bridgehead atoms. The quantitative estimate of drug-likeness (QED) is 0.422. The molecule has 2 aromatic carbocycles. The summed E-state index contributed by atoms with van der Waals surface area (Å²) in [5, 5.41) is 4.87. The summed E-state index contributed by atoms with van der Waals surface area (Å²) in [5.41, 5.74) is 1.47. The SMILES string of the molecule is CC(C)(C)OC(=O)ON1CCC(c2ccc(F)cc2)C(OCc2ccc3sccc3c2)C1. The highest BCUT2D eigenvalue weighted by Crippen LogP contribution is 2.32. The molecule has 0 saturated carbocycles. The van der Waals surface area contributed by atoms with Crippen molar-refractivity contribution in [3.63, 3.8) is 0 Å². The number of benzene rings is 2. The molecular weight excluding hydrogens is 429 g/mol. The Kier molecular flexibility index (Phi) is 6.79. The summed E-state index contributed by atoms with van der Waals surface area (Å²) in [6.45, 7) is 6.78. The van der Waals surface area contributed by atoms with Gasteiger partial charge in [-0.25, -0.2) is 9.18 Å². The van der Waals surface area contributed by atoms with Crippen molar-refractivity contribution in [3.8, 4) is 0 Å². The molecule has 1 fully saturated rings. The molecule has 0 spiro atoms. The molecule has 7 heteroatoms. The first-order valence-corrected chi connectivity index (χ1v) is 11.6. The van der Waals surface area contributed by atoms with Crippen molar-refractivity contribution < 1.29 is 23.5 Å². The number of carbonyl (C=O) groups excluding carboxylic acids is 1. The number of ether oxygens (including phenoxy) is 2. The molecule has 2 atom stereocenters. The number of piperidine rings is 1. The van der Waals surface area contributed by atoms with Crippen molar-refractivity contribution in [3.05, 3.63) is 70.9 Å². The lowest BCUT2D eigenvalue weighted by molar-refractivity contribution is -0.179. The zero-order chi connectivity index (χ0) is 22.7. The van der Waals surface area contributed by atoms with Gasteiger partial charge in [-0.05, 0) is 79.4 Å². The van der Waals surface area contributed by atoms with E-state index in [1.165, 1.54) is 22.2 Å². The molecule has 0 radical (unpaired) electrons. The normalized spacial score (nSPS) is 19.8. The van der Waals surface area contributed by atoms with E-state index in [-0.39, 0.29) is 17.8 Å². The maximum absolute atomic E-state index is 13.5. The van der Waals surface area contributed by atoms with Crippen molar-refractivity contribution >= 4 is 27.6 Å². The van der Waals surface area contributed by atoms with Gasteiger partial charge in [-0.3, -0.25) is 0 Å². The van der Waals surface area contributed by atoms with E-state index in [0.717, 1.165) is 11.1 Å². The molecule has 5 nitrogen and oxygen atoms in total. The second-order valence-corrected chi connectivity index (χ2v) is 9.98. The second kappa shape index (κ2) is 9.57. The second-order valence-electron chi connectivity index (χ2n) is 9.03. The van der Waals surface area contributed by atoms with Gasteiger partial charge in [0.25, 0.3) is 0 Å². The van der Waals surface area contributed by atoms with Crippen molar-refractivity contribution in [2.75, 3.05) is 13.1 Å². The van der Waals surface area contributed by atoms with Crippen LogP contribution in [0.25, 0.3) is 10.1 Å². The van der Waals surface area contributed by atoms with Crippen LogP contribution in [0, 0.1) is 5.82 Å². The van der Waals surface area contributed by atoms with Gasteiger partial charge in [-0.1, -0.05) is 18.2 Å². The third-order valence-corrected chi connectivity index (χ3v) is 6.29. The Morgan fingerprint density at radius 1 is 1.16 bits per heavy atom. The molecule has 2 heterocycles. The lowest BCUT2D eigenvalue weighted by Crippen LogP contribution is -2.45. The number of hydrogen-bond donors (Lipinski definition) is 0. The van der Waals surface area contributed by atoms with Crippen LogP contribution in [-0.2, 0) is 20.9 Å². The fourth-order valence-corrected chi connectivity index (χ4v) is 4.69. The van der Waals surface area contributed by atoms with Crippen molar-refractivity contribution in [1.29, 1.82) is 0 Å². The summed E-state index contributed by atoms with van der Waals surface area (Å²) >= 11 is 1.71. The van der Waals surface area contributed by atoms with E-state index in [4.69, 9.17) is 14.3 Å². The average Bonchev–Trinajstić information content (AvgIpc) is 3.19. The van der Waals surface area contributed by atoms with Gasteiger partial charge in [0.15, 0.2) is 0 Å². The van der Waals surface area contributed by atoms with E-state index >= 15 is 0 Å². The number of rotatable bonds is 5. The molecule has 0 N–H and O–H groups in total. The summed E-state index contributed by atoms with van der Waals surface area (Å²) in [5.74, 6) is -0.194. The number of hydroxylamine groups is 2. The average molecular weight is 458 g/mol. The van der Waals surface area contributed by atoms with Crippen LogP contribution in [0.3, 0.4) is 0 Å². The minimum absolute atomic E-state index is 0.0685. The number of thiophene rings is 1. The van der Waals surface area contributed by atoms with Crippen LogP contribution < -0.4 is 0 Å². The maximum Gasteiger partial charge on any atom is 0.528 e. The highest BCUT2D eigenvalue weighted by molar-refractivity contribution is 7.17. The lowest BCUT2D eigenvalue weighted by Gasteiger charge is -2.37. The first kappa shape index (κ1) is 22.7. The highest BCUT2D eigenvalue weighted by Gasteiger charge is 2.34. The molecule has 1 aliphatic rings. The van der Waals surface area contributed by atoms with E-state index in [0.29, 0.717) is 26.1 Å². The van der Waals surface area contributed by atoms with Gasteiger partial charge < -0.3 is 14.3 Å². The Hall–Kier alpha value is -2.48. The van der Waals surface area contributed by atoms with Crippen LogP contribution in [0.15, 0.2) is 53.9 Å². The molecule has 2 unspecified atom stereocenters. The number of fused-ring (bicyclic) bond motifs is 1. The van der Waals surface area contributed by atoms with E-state index in [9.17, 15) is 9.18 Å². The molecule has 1 aliphatic heterocycles. The summed E-state index contributed by atoms with van der Waals surface area (Å²) in [4.78, 5) is 17.6. The van der Waals surface area contributed by atoms with E-state index < -0.39 is 11.8 Å². The van der Waals surface area contributed by atoms with Crippen LogP contribution in [0.4, 0.5) is 9.18 Å². The Morgan fingerprint density at radius 2 is 1.94 bits per heavy atom. The Morgan fingerprint density at radius 3 is 2.69 bits per heavy atom. The molecule has 4 rings (SSSR count). The van der Waals surface area contributed by atoms with E-state index in [1.807, 2.05) is 0 Å². The topological polar surface area (TPSA) is 48.0 Å². The minimum Gasteiger partial charge on any atom is -0.427 e. The molecule has 1 saturated heterocycles. The zero-order valence-electron chi connectivity index (χ0n) is 18.5. The fourth-order valence-electron chi connectivity index (χ4n) is 3.91. The van der Waals surface area contributed by atoms with Gasteiger partial charge in [-0.15, -0.1) is 16.4 Å². The molecule has 170 valence electrons. The van der Waals surface area contributed by atoms with Crippen LogP contribution in [0.1, 0.15) is 44.2 Å². The first-order chi connectivity index (χ1) is 15.3. The molecular formula is C25H28FNO4S. The van der Waals surface area contributed by atoms with Gasteiger partial charge in [0.1, 0.15) is 11.4 Å². The van der Waals surface area contributed by atoms with Crippen molar-refractivity contribution in [1.82, 2.24) is 5.06 Å². The Balaban J connectivity index is 1.47. The Bertz CT molecular complexity index is 1060. The van der Waals surface area contributed by atoms with Gasteiger partial charge in [0.2, 0.25) is 0 Å². The first-order valence-electron chi connectivity index (χ1n) is 10.8. The molecule has 0 amide bonds. The summed E-state index contributed by atoms with van der Waals surface area (Å²) in [6, 6.07) is 15.0. The highest BCUT2D eigenvalue weighted by atomic mass is 32.1. The third kappa shape index (κ3) is 5.85. The molecule has 32 heavy (non-hydrogen) atoms. The van der Waals surface area contributed by atoms with Crippen molar-refractivity contribution in [2.45, 2.75) is 51.4 Å². The van der Waals surface area contributed by atoms with Gasteiger partial charge >= 0.3 is 6.16 Å². The maximum atomic E-state index is 13.5. The largest absolute Gasteiger partial charge is 0.528 e.